The molecule has 3 atom stereocenters. The first-order valence-corrected chi connectivity index (χ1v) is 15.8. The zero-order valence-corrected chi connectivity index (χ0v) is 26.6. The number of rotatable bonds is 14. The van der Waals surface area contributed by atoms with Crippen molar-refractivity contribution >= 4 is 23.8 Å². The third kappa shape index (κ3) is 8.06. The molecule has 3 aliphatic rings. The van der Waals surface area contributed by atoms with Gasteiger partial charge in [-0.15, -0.1) is 0 Å². The number of fused-ring (bicyclic) bond motifs is 1. The Bertz CT molecular complexity index is 1180. The monoisotopic (exact) mass is 600 g/mol. The fourth-order valence-corrected chi connectivity index (χ4v) is 6.66. The van der Waals surface area contributed by atoms with Gasteiger partial charge in [-0.1, -0.05) is 25.5 Å². The maximum absolute atomic E-state index is 13.8. The number of nitrogens with zero attached hydrogens (tertiary/aromatic N) is 5. The molecule has 43 heavy (non-hydrogen) atoms. The number of aliphatic carboxylic acids is 1. The number of carbonyl (C=O) groups excluding carboxylic acids is 3. The molecule has 2 saturated heterocycles. The highest BCUT2D eigenvalue weighted by atomic mass is 16.5. The lowest BCUT2D eigenvalue weighted by Crippen LogP contribution is -2.52. The highest BCUT2D eigenvalue weighted by molar-refractivity contribution is 5.96. The largest absolute Gasteiger partial charge is 0.493 e. The normalized spacial score (nSPS) is 22.6. The number of quaternary nitrogens is 1. The Labute approximate surface area is 255 Å². The van der Waals surface area contributed by atoms with Crippen LogP contribution in [0.3, 0.4) is 0 Å². The summed E-state index contributed by atoms with van der Waals surface area (Å²) in [5.74, 6) is -1.29. The van der Waals surface area contributed by atoms with Crippen LogP contribution in [-0.4, -0.2) is 140 Å². The van der Waals surface area contributed by atoms with E-state index in [0.29, 0.717) is 45.8 Å². The Morgan fingerprint density at radius 3 is 2.56 bits per heavy atom. The van der Waals surface area contributed by atoms with Crippen molar-refractivity contribution in [2.45, 2.75) is 57.4 Å². The standard InChI is InChI=1S/C32H49N5O6/c1-6-7-14-34(15-8-18-37(3,4)5)29(39)22-36-21-25(23-9-10-27-24(20-23)13-19-43-27)30(31(40)41)26(36)11-16-35-17-12-28(38)33(2)32(35)42/h9-10,20,25-26,30H,6-8,11-19,21-22H2,1-5H3/p+1/t25-,26+,30?/m1/s1. The average Bonchev–Trinajstić information content (AvgIpc) is 3.56. The SMILES string of the molecule is CCCCN(CCC[N+](C)(C)C)C(=O)CN1C[C@H](c2ccc3c(c2)CCO3)C(C(=O)O)[C@@H]1CCN1CCC(=O)N(C)C1=O. The maximum atomic E-state index is 13.8. The molecule has 4 rings (SSSR count). The number of unbranched alkanes of at least 4 members (excludes halogenated alkanes) is 1. The Morgan fingerprint density at radius 1 is 1.12 bits per heavy atom. The molecule has 3 aliphatic heterocycles. The fourth-order valence-electron chi connectivity index (χ4n) is 6.66. The van der Waals surface area contributed by atoms with Crippen LogP contribution >= 0.6 is 0 Å². The van der Waals surface area contributed by atoms with E-state index in [1.165, 1.54) is 7.05 Å². The summed E-state index contributed by atoms with van der Waals surface area (Å²) in [7, 11) is 7.91. The number of carboxylic acid groups (broad SMARTS) is 1. The lowest BCUT2D eigenvalue weighted by molar-refractivity contribution is -0.870. The van der Waals surface area contributed by atoms with Crippen LogP contribution in [0, 0.1) is 5.92 Å². The molecule has 0 bridgehead atoms. The zero-order chi connectivity index (χ0) is 31.3. The van der Waals surface area contributed by atoms with Gasteiger partial charge < -0.3 is 24.1 Å². The summed E-state index contributed by atoms with van der Waals surface area (Å²) in [6.07, 6.45) is 4.24. The summed E-state index contributed by atoms with van der Waals surface area (Å²) < 4.78 is 6.51. The predicted octanol–water partition coefficient (Wildman–Crippen LogP) is 2.49. The van der Waals surface area contributed by atoms with Gasteiger partial charge >= 0.3 is 12.0 Å². The predicted molar refractivity (Wildman–Crippen MR) is 163 cm³/mol. The average molecular weight is 601 g/mol. The molecule has 2 fully saturated rings. The number of benzene rings is 1. The zero-order valence-electron chi connectivity index (χ0n) is 26.6. The van der Waals surface area contributed by atoms with Gasteiger partial charge in [-0.05, 0) is 30.0 Å². The number of urea groups is 1. The van der Waals surface area contributed by atoms with E-state index in [1.54, 1.807) is 4.90 Å². The van der Waals surface area contributed by atoms with Gasteiger partial charge in [0.15, 0.2) is 0 Å². The number of ether oxygens (including phenoxy) is 1. The van der Waals surface area contributed by atoms with Gasteiger partial charge in [-0.25, -0.2) is 4.79 Å². The quantitative estimate of drug-likeness (QED) is 0.327. The minimum absolute atomic E-state index is 0.0198. The van der Waals surface area contributed by atoms with E-state index >= 15 is 0 Å². The van der Waals surface area contributed by atoms with Crippen LogP contribution in [0.4, 0.5) is 4.79 Å². The molecule has 1 aromatic rings. The second-order valence-corrected chi connectivity index (χ2v) is 13.3. The van der Waals surface area contributed by atoms with Crippen molar-refractivity contribution in [1.82, 2.24) is 19.6 Å². The van der Waals surface area contributed by atoms with E-state index in [4.69, 9.17) is 4.74 Å². The number of carboxylic acids is 1. The van der Waals surface area contributed by atoms with Gasteiger partial charge in [0, 0.05) is 71.0 Å². The molecule has 0 saturated carbocycles. The smallest absolute Gasteiger partial charge is 0.326 e. The van der Waals surface area contributed by atoms with Crippen LogP contribution in [0.2, 0.25) is 0 Å². The summed E-state index contributed by atoms with van der Waals surface area (Å²) in [5, 5.41) is 10.6. The molecule has 1 unspecified atom stereocenters. The van der Waals surface area contributed by atoms with Crippen molar-refractivity contribution in [3.63, 3.8) is 0 Å². The highest BCUT2D eigenvalue weighted by Crippen LogP contribution is 2.41. The van der Waals surface area contributed by atoms with Gasteiger partial charge in [0.05, 0.1) is 46.8 Å². The van der Waals surface area contributed by atoms with E-state index in [1.807, 2.05) is 21.9 Å². The van der Waals surface area contributed by atoms with Crippen LogP contribution in [0.25, 0.3) is 0 Å². The minimum Gasteiger partial charge on any atom is -0.493 e. The molecule has 0 aromatic heterocycles. The summed E-state index contributed by atoms with van der Waals surface area (Å²) in [6.45, 7) is 6.27. The van der Waals surface area contributed by atoms with Crippen molar-refractivity contribution in [2.24, 2.45) is 5.92 Å². The highest BCUT2D eigenvalue weighted by Gasteiger charge is 2.47. The number of carbonyl (C=O) groups is 4. The van der Waals surface area contributed by atoms with Crippen LogP contribution in [0.15, 0.2) is 18.2 Å². The van der Waals surface area contributed by atoms with Crippen LogP contribution in [0.5, 0.6) is 5.75 Å². The van der Waals surface area contributed by atoms with Gasteiger partial charge in [0.1, 0.15) is 5.75 Å². The Hall–Kier alpha value is -3.18. The Morgan fingerprint density at radius 2 is 1.86 bits per heavy atom. The first kappa shape index (κ1) is 32.7. The molecule has 1 aromatic carbocycles. The number of imide groups is 1. The van der Waals surface area contributed by atoms with E-state index in [9.17, 15) is 24.3 Å². The van der Waals surface area contributed by atoms with Crippen molar-refractivity contribution in [1.29, 1.82) is 0 Å². The van der Waals surface area contributed by atoms with Crippen molar-refractivity contribution in [2.75, 3.05) is 80.6 Å². The van der Waals surface area contributed by atoms with E-state index in [-0.39, 0.29) is 36.7 Å². The number of likely N-dealkylation sites (tertiary alicyclic amines) is 1. The molecule has 1 N–H and O–H groups in total. The van der Waals surface area contributed by atoms with E-state index < -0.39 is 17.9 Å². The molecule has 238 valence electrons. The van der Waals surface area contributed by atoms with Gasteiger partial charge in [0.25, 0.3) is 0 Å². The third-order valence-corrected chi connectivity index (χ3v) is 9.13. The molecular weight excluding hydrogens is 550 g/mol. The van der Waals surface area contributed by atoms with E-state index in [0.717, 1.165) is 58.5 Å². The van der Waals surface area contributed by atoms with Crippen LogP contribution in [0.1, 0.15) is 56.1 Å². The molecule has 0 aliphatic carbocycles. The number of hydrogen-bond acceptors (Lipinski definition) is 6. The topological polar surface area (TPSA) is 111 Å². The fraction of sp³-hybridized carbons (Fsp3) is 0.688. The molecule has 0 radical (unpaired) electrons. The van der Waals surface area contributed by atoms with E-state index in [2.05, 4.69) is 34.1 Å². The maximum Gasteiger partial charge on any atom is 0.326 e. The molecule has 3 heterocycles. The minimum atomic E-state index is -0.898. The van der Waals surface area contributed by atoms with Gasteiger partial charge in [-0.3, -0.25) is 24.2 Å². The first-order chi connectivity index (χ1) is 20.4. The van der Waals surface area contributed by atoms with Crippen molar-refractivity contribution in [3.8, 4) is 5.75 Å². The van der Waals surface area contributed by atoms with Crippen LogP contribution in [-0.2, 0) is 20.8 Å². The van der Waals surface area contributed by atoms with Crippen LogP contribution < -0.4 is 4.74 Å². The Kier molecular flexibility index (Phi) is 10.7. The molecule has 0 spiro atoms. The summed E-state index contributed by atoms with van der Waals surface area (Å²) in [6, 6.07) is 5.16. The second kappa shape index (κ2) is 14.1. The lowest BCUT2D eigenvalue weighted by atomic mass is 9.83. The van der Waals surface area contributed by atoms with Gasteiger partial charge in [-0.2, -0.15) is 0 Å². The summed E-state index contributed by atoms with van der Waals surface area (Å²) in [5.41, 5.74) is 2.03. The van der Waals surface area contributed by atoms with Crippen molar-refractivity contribution < 1.29 is 33.5 Å². The molecule has 11 nitrogen and oxygen atoms in total. The number of hydrogen-bond donors (Lipinski definition) is 1. The van der Waals surface area contributed by atoms with Gasteiger partial charge in [0.2, 0.25) is 11.8 Å². The molecule has 11 heteroatoms. The summed E-state index contributed by atoms with van der Waals surface area (Å²) >= 11 is 0. The summed E-state index contributed by atoms with van der Waals surface area (Å²) in [4.78, 5) is 58.3. The Balaban J connectivity index is 1.57. The lowest BCUT2D eigenvalue weighted by Gasteiger charge is -2.35. The second-order valence-electron chi connectivity index (χ2n) is 13.3. The first-order valence-electron chi connectivity index (χ1n) is 15.8. The molecule has 4 amide bonds. The molecular formula is C32H50N5O6+. The third-order valence-electron chi connectivity index (χ3n) is 9.13. The number of amides is 4. The van der Waals surface area contributed by atoms with Crippen molar-refractivity contribution in [3.05, 3.63) is 29.3 Å².